The van der Waals surface area contributed by atoms with Crippen LogP contribution in [0.4, 0.5) is 18.9 Å². The molecule has 0 aliphatic carbocycles. The van der Waals surface area contributed by atoms with Crippen LogP contribution in [0.15, 0.2) is 52.2 Å². The Morgan fingerprint density at radius 3 is 2.37 bits per heavy atom. The maximum Gasteiger partial charge on any atom is 0.490 e. The minimum Gasteiger partial charge on any atom is -0.475 e. The zero-order valence-corrected chi connectivity index (χ0v) is 24.4. The van der Waals surface area contributed by atoms with E-state index < -0.39 is 12.1 Å². The van der Waals surface area contributed by atoms with Crippen LogP contribution in [0.3, 0.4) is 0 Å². The van der Waals surface area contributed by atoms with E-state index in [0.717, 1.165) is 24.3 Å². The normalized spacial score (nSPS) is 11.2. The highest BCUT2D eigenvalue weighted by Gasteiger charge is 2.38. The standard InChI is InChI=1S/C26H28N4O2S2.C2HF3O2/c1-5-27-13-18-8-10-19(11-9-18)28-25(32)23-17(4)22-24(31)29-21(30-26(22)34-23)14-33-20-12-15(2)6-7-16(20)3;3-2(4,5)1(6)7/h6-12,27H,5,13-14H2,1-4H3,(H,28,32)(H,29,30,31);(H,6,7). The van der Waals surface area contributed by atoms with Crippen LogP contribution in [0.5, 0.6) is 0 Å². The van der Waals surface area contributed by atoms with Gasteiger partial charge in [-0.05, 0) is 62.2 Å². The number of H-pyrrole nitrogens is 1. The number of anilines is 1. The van der Waals surface area contributed by atoms with E-state index in [1.54, 1.807) is 18.7 Å². The number of amides is 1. The Kier molecular flexibility index (Phi) is 10.7. The number of nitrogens with zero attached hydrogens (tertiary/aromatic N) is 1. The zero-order valence-electron chi connectivity index (χ0n) is 22.7. The second-order valence-electron chi connectivity index (χ2n) is 9.04. The molecule has 0 aliphatic rings. The summed E-state index contributed by atoms with van der Waals surface area (Å²) in [5.74, 6) is -1.83. The van der Waals surface area contributed by atoms with Gasteiger partial charge < -0.3 is 20.7 Å². The summed E-state index contributed by atoms with van der Waals surface area (Å²) in [5, 5.41) is 13.8. The van der Waals surface area contributed by atoms with Crippen molar-refractivity contribution in [1.82, 2.24) is 15.3 Å². The molecule has 0 saturated carbocycles. The van der Waals surface area contributed by atoms with E-state index in [2.05, 4.69) is 59.6 Å². The number of hydrogen-bond donors (Lipinski definition) is 4. The molecule has 2 aromatic heterocycles. The molecule has 2 heterocycles. The number of aliphatic carboxylic acids is 1. The van der Waals surface area contributed by atoms with Crippen molar-refractivity contribution in [2.75, 3.05) is 11.9 Å². The highest BCUT2D eigenvalue weighted by atomic mass is 32.2. The highest BCUT2D eigenvalue weighted by Crippen LogP contribution is 2.30. The number of halogens is 3. The molecule has 2 aromatic carbocycles. The van der Waals surface area contributed by atoms with Crippen molar-refractivity contribution in [3.05, 3.63) is 85.8 Å². The second-order valence-corrected chi connectivity index (χ2v) is 11.1. The van der Waals surface area contributed by atoms with E-state index in [-0.39, 0.29) is 11.5 Å². The third-order valence-electron chi connectivity index (χ3n) is 5.80. The third-order valence-corrected chi connectivity index (χ3v) is 8.15. The number of alkyl halides is 3. The van der Waals surface area contributed by atoms with E-state index in [1.165, 1.54) is 27.4 Å². The minimum absolute atomic E-state index is 0.206. The van der Waals surface area contributed by atoms with Gasteiger partial charge in [-0.1, -0.05) is 36.8 Å². The van der Waals surface area contributed by atoms with E-state index in [0.29, 0.717) is 32.2 Å². The lowest BCUT2D eigenvalue weighted by Gasteiger charge is -2.06. The van der Waals surface area contributed by atoms with Crippen LogP contribution in [0.25, 0.3) is 10.2 Å². The molecule has 1 amide bonds. The van der Waals surface area contributed by atoms with Crippen molar-refractivity contribution in [2.45, 2.75) is 51.1 Å². The van der Waals surface area contributed by atoms with Gasteiger partial charge in [0.25, 0.3) is 11.5 Å². The molecule has 0 atom stereocenters. The molecule has 4 rings (SSSR count). The first-order valence-electron chi connectivity index (χ1n) is 12.4. The second kappa shape index (κ2) is 13.8. The topological polar surface area (TPSA) is 124 Å². The number of rotatable bonds is 8. The van der Waals surface area contributed by atoms with Gasteiger partial charge in [0.05, 0.1) is 16.0 Å². The maximum absolute atomic E-state index is 13.0. The lowest BCUT2D eigenvalue weighted by Crippen LogP contribution is -2.21. The summed E-state index contributed by atoms with van der Waals surface area (Å²) in [6, 6.07) is 14.1. The molecule has 0 bridgehead atoms. The first kappa shape index (κ1) is 31.8. The van der Waals surface area contributed by atoms with Crippen molar-refractivity contribution in [2.24, 2.45) is 0 Å². The molecule has 218 valence electrons. The predicted octanol–water partition coefficient (Wildman–Crippen LogP) is 6.20. The fourth-order valence-electron chi connectivity index (χ4n) is 3.65. The quantitative estimate of drug-likeness (QED) is 0.176. The Hall–Kier alpha value is -3.68. The molecule has 41 heavy (non-hydrogen) atoms. The number of nitrogens with one attached hydrogen (secondary N) is 3. The number of aryl methyl sites for hydroxylation is 3. The summed E-state index contributed by atoms with van der Waals surface area (Å²) >= 11 is 2.90. The molecule has 4 aromatic rings. The summed E-state index contributed by atoms with van der Waals surface area (Å²) in [5.41, 5.74) is 4.71. The molecule has 0 unspecified atom stereocenters. The van der Waals surface area contributed by atoms with Crippen LogP contribution in [0, 0.1) is 20.8 Å². The monoisotopic (exact) mass is 606 g/mol. The summed E-state index contributed by atoms with van der Waals surface area (Å²) in [7, 11) is 0. The van der Waals surface area contributed by atoms with Crippen LogP contribution >= 0.6 is 23.1 Å². The molecular weight excluding hydrogens is 577 g/mol. The number of carbonyl (C=O) groups is 2. The van der Waals surface area contributed by atoms with E-state index in [4.69, 9.17) is 9.90 Å². The molecule has 0 aliphatic heterocycles. The average molecular weight is 607 g/mol. The summed E-state index contributed by atoms with van der Waals surface area (Å²) < 4.78 is 31.7. The van der Waals surface area contributed by atoms with Crippen LogP contribution in [-0.4, -0.2) is 39.7 Å². The number of aromatic amines is 1. The number of carbonyl (C=O) groups excluding carboxylic acids is 1. The lowest BCUT2D eigenvalue weighted by molar-refractivity contribution is -0.192. The number of carboxylic acid groups (broad SMARTS) is 1. The van der Waals surface area contributed by atoms with Gasteiger partial charge in [0.1, 0.15) is 10.7 Å². The average Bonchev–Trinajstić information content (AvgIpc) is 3.25. The van der Waals surface area contributed by atoms with Gasteiger partial charge in [0.15, 0.2) is 0 Å². The molecule has 8 nitrogen and oxygen atoms in total. The number of fused-ring (bicyclic) bond motifs is 1. The zero-order chi connectivity index (χ0) is 30.3. The summed E-state index contributed by atoms with van der Waals surface area (Å²) in [6.07, 6.45) is -5.08. The van der Waals surface area contributed by atoms with Crippen molar-refractivity contribution < 1.29 is 27.9 Å². The highest BCUT2D eigenvalue weighted by molar-refractivity contribution is 7.98. The van der Waals surface area contributed by atoms with Gasteiger partial charge >= 0.3 is 12.1 Å². The predicted molar refractivity (Wildman–Crippen MR) is 156 cm³/mol. The SMILES string of the molecule is CCNCc1ccc(NC(=O)c2sc3nc(CSc4cc(C)ccc4C)[nH]c(=O)c3c2C)cc1.O=C(O)C(F)(F)F. The van der Waals surface area contributed by atoms with Crippen LogP contribution < -0.4 is 16.2 Å². The molecule has 4 N–H and O–H groups in total. The number of thioether (sulfide) groups is 1. The van der Waals surface area contributed by atoms with Gasteiger partial charge in [0.2, 0.25) is 0 Å². The Morgan fingerprint density at radius 2 is 1.76 bits per heavy atom. The van der Waals surface area contributed by atoms with Crippen molar-refractivity contribution >= 4 is 50.9 Å². The largest absolute Gasteiger partial charge is 0.490 e. The van der Waals surface area contributed by atoms with Gasteiger partial charge in [0, 0.05) is 17.1 Å². The number of carboxylic acids is 1. The number of benzene rings is 2. The van der Waals surface area contributed by atoms with Crippen LogP contribution in [0.1, 0.15) is 44.7 Å². The van der Waals surface area contributed by atoms with Gasteiger partial charge in [-0.25, -0.2) is 9.78 Å². The smallest absolute Gasteiger partial charge is 0.475 e. The number of thiophene rings is 1. The minimum atomic E-state index is -5.08. The molecule has 13 heteroatoms. The summed E-state index contributed by atoms with van der Waals surface area (Å²) in [4.78, 5) is 44.5. The molecule has 0 fully saturated rings. The van der Waals surface area contributed by atoms with Gasteiger partial charge in [-0.2, -0.15) is 13.2 Å². The van der Waals surface area contributed by atoms with E-state index in [9.17, 15) is 22.8 Å². The fraction of sp³-hybridized carbons (Fsp3) is 0.286. The first-order valence-corrected chi connectivity index (χ1v) is 14.2. The van der Waals surface area contributed by atoms with E-state index in [1.807, 2.05) is 24.3 Å². The van der Waals surface area contributed by atoms with Crippen molar-refractivity contribution in [3.8, 4) is 0 Å². The molecule has 0 radical (unpaired) electrons. The molecular formula is C28H29F3N4O4S2. The van der Waals surface area contributed by atoms with Gasteiger partial charge in [-0.15, -0.1) is 23.1 Å². The summed E-state index contributed by atoms with van der Waals surface area (Å²) in [6.45, 7) is 9.70. The fourth-order valence-corrected chi connectivity index (χ4v) is 5.74. The van der Waals surface area contributed by atoms with Crippen molar-refractivity contribution in [1.29, 1.82) is 0 Å². The Bertz CT molecular complexity index is 1600. The Morgan fingerprint density at radius 1 is 1.10 bits per heavy atom. The number of hydrogen-bond acceptors (Lipinski definition) is 7. The number of aromatic nitrogens is 2. The molecule has 0 saturated heterocycles. The van der Waals surface area contributed by atoms with Crippen molar-refractivity contribution in [3.63, 3.8) is 0 Å². The lowest BCUT2D eigenvalue weighted by atomic mass is 10.2. The maximum atomic E-state index is 13.0. The van der Waals surface area contributed by atoms with E-state index >= 15 is 0 Å². The Balaban J connectivity index is 0.000000587. The third kappa shape index (κ3) is 8.65. The van der Waals surface area contributed by atoms with Crippen LogP contribution in [0.2, 0.25) is 0 Å². The first-order chi connectivity index (χ1) is 19.3. The Labute approximate surface area is 242 Å². The molecule has 0 spiro atoms. The van der Waals surface area contributed by atoms with Gasteiger partial charge in [-0.3, -0.25) is 9.59 Å². The van der Waals surface area contributed by atoms with Crippen LogP contribution in [-0.2, 0) is 17.1 Å².